The summed E-state index contributed by atoms with van der Waals surface area (Å²) in [6.45, 7) is 5.90. The average Bonchev–Trinajstić information content (AvgIpc) is 3.09. The largest absolute Gasteiger partial charge is 0.357 e. The highest BCUT2D eigenvalue weighted by molar-refractivity contribution is 7.15. The number of aromatic nitrogens is 2. The van der Waals surface area contributed by atoms with Gasteiger partial charge in [0.1, 0.15) is 0 Å². The van der Waals surface area contributed by atoms with Crippen LogP contribution in [0.4, 0.5) is 0 Å². The summed E-state index contributed by atoms with van der Waals surface area (Å²) < 4.78 is 2.05. The second kappa shape index (κ2) is 5.61. The molecule has 2 aromatic heterocycles. The summed E-state index contributed by atoms with van der Waals surface area (Å²) in [5, 5.41) is 5.41. The molecule has 1 aliphatic heterocycles. The zero-order chi connectivity index (χ0) is 13.1. The van der Waals surface area contributed by atoms with Gasteiger partial charge < -0.3 is 10.2 Å². The van der Waals surface area contributed by atoms with Gasteiger partial charge in [-0.15, -0.1) is 11.3 Å². The van der Waals surface area contributed by atoms with Crippen LogP contribution in [0.3, 0.4) is 0 Å². The maximum atomic E-state index is 4.70. The minimum absolute atomic E-state index is 0.646. The number of thiazole rings is 1. The molecule has 0 aliphatic carbocycles. The molecule has 102 valence electrons. The molecule has 0 spiro atoms. The van der Waals surface area contributed by atoms with Crippen LogP contribution in [0.25, 0.3) is 4.96 Å². The minimum Gasteiger partial charge on any atom is -0.357 e. The van der Waals surface area contributed by atoms with Crippen molar-refractivity contribution in [1.29, 1.82) is 0 Å². The van der Waals surface area contributed by atoms with Gasteiger partial charge in [0, 0.05) is 37.4 Å². The molecule has 0 bridgehead atoms. The first-order valence-electron chi connectivity index (χ1n) is 6.81. The van der Waals surface area contributed by atoms with Crippen LogP contribution in [-0.4, -0.2) is 39.9 Å². The van der Waals surface area contributed by atoms with Gasteiger partial charge in [-0.2, -0.15) is 0 Å². The standard InChI is InChI=1S/C13H19N5S/c1-2-14-12(17-5-3-4-6-17)15-9-11-10-18-7-8-19-13(18)16-11/h7-8,10H,2-6,9H2,1H3,(H,14,15). The third-order valence-corrected chi connectivity index (χ3v) is 4.05. The number of fused-ring (bicyclic) bond motifs is 1. The number of aliphatic imine (C=N–C) groups is 1. The van der Waals surface area contributed by atoms with E-state index in [0.29, 0.717) is 6.54 Å². The molecule has 1 aliphatic rings. The molecule has 0 radical (unpaired) electrons. The second-order valence-corrected chi connectivity index (χ2v) is 5.56. The number of likely N-dealkylation sites (tertiary alicyclic amines) is 1. The minimum atomic E-state index is 0.646. The Morgan fingerprint density at radius 2 is 2.32 bits per heavy atom. The third kappa shape index (κ3) is 2.73. The van der Waals surface area contributed by atoms with Gasteiger partial charge in [0.25, 0.3) is 0 Å². The quantitative estimate of drug-likeness (QED) is 0.689. The van der Waals surface area contributed by atoms with Gasteiger partial charge in [-0.25, -0.2) is 9.98 Å². The fraction of sp³-hybridized carbons (Fsp3) is 0.538. The molecule has 1 fully saturated rings. The first kappa shape index (κ1) is 12.5. The Balaban J connectivity index is 1.72. The lowest BCUT2D eigenvalue weighted by molar-refractivity contribution is 0.493. The van der Waals surface area contributed by atoms with Crippen molar-refractivity contribution in [3.8, 4) is 0 Å². The Hall–Kier alpha value is -1.56. The Labute approximate surface area is 117 Å². The van der Waals surface area contributed by atoms with E-state index in [1.54, 1.807) is 11.3 Å². The highest BCUT2D eigenvalue weighted by Gasteiger charge is 2.15. The van der Waals surface area contributed by atoms with Gasteiger partial charge >= 0.3 is 0 Å². The van der Waals surface area contributed by atoms with E-state index in [9.17, 15) is 0 Å². The zero-order valence-electron chi connectivity index (χ0n) is 11.2. The lowest BCUT2D eigenvalue weighted by Crippen LogP contribution is -2.39. The van der Waals surface area contributed by atoms with Crippen molar-refractivity contribution in [2.45, 2.75) is 26.3 Å². The maximum absolute atomic E-state index is 4.70. The molecule has 3 heterocycles. The summed E-state index contributed by atoms with van der Waals surface area (Å²) >= 11 is 1.66. The first-order chi connectivity index (χ1) is 9.36. The molecule has 0 unspecified atom stereocenters. The second-order valence-electron chi connectivity index (χ2n) is 4.69. The number of guanidine groups is 1. The van der Waals surface area contributed by atoms with Crippen molar-refractivity contribution in [2.24, 2.45) is 4.99 Å². The predicted molar refractivity (Wildman–Crippen MR) is 78.7 cm³/mol. The molecule has 0 aromatic carbocycles. The number of rotatable bonds is 3. The summed E-state index contributed by atoms with van der Waals surface area (Å²) in [6, 6.07) is 0. The number of imidazole rings is 1. The predicted octanol–water partition coefficient (Wildman–Crippen LogP) is 1.96. The summed E-state index contributed by atoms with van der Waals surface area (Å²) in [7, 11) is 0. The molecule has 1 N–H and O–H groups in total. The lowest BCUT2D eigenvalue weighted by atomic mass is 10.4. The van der Waals surface area contributed by atoms with Gasteiger partial charge in [-0.05, 0) is 19.8 Å². The summed E-state index contributed by atoms with van der Waals surface area (Å²) in [5.74, 6) is 1.02. The van der Waals surface area contributed by atoms with Crippen LogP contribution in [0, 0.1) is 0 Å². The van der Waals surface area contributed by atoms with Crippen LogP contribution in [0.1, 0.15) is 25.5 Å². The molecule has 3 rings (SSSR count). The molecular formula is C13H19N5S. The molecule has 2 aromatic rings. The Kier molecular flexibility index (Phi) is 3.68. The Bertz CT molecular complexity index is 536. The molecule has 19 heavy (non-hydrogen) atoms. The molecule has 1 saturated heterocycles. The smallest absolute Gasteiger partial charge is 0.194 e. The monoisotopic (exact) mass is 277 g/mol. The fourth-order valence-corrected chi connectivity index (χ4v) is 3.08. The van der Waals surface area contributed by atoms with Crippen molar-refractivity contribution in [3.05, 3.63) is 23.5 Å². The molecule has 0 atom stereocenters. The lowest BCUT2D eigenvalue weighted by Gasteiger charge is -2.20. The van der Waals surface area contributed by atoms with E-state index >= 15 is 0 Å². The van der Waals surface area contributed by atoms with Crippen molar-refractivity contribution >= 4 is 22.3 Å². The van der Waals surface area contributed by atoms with Crippen LogP contribution in [0.5, 0.6) is 0 Å². The normalized spacial score (nSPS) is 16.5. The fourth-order valence-electron chi connectivity index (χ4n) is 2.36. The van der Waals surface area contributed by atoms with Gasteiger partial charge in [0.2, 0.25) is 0 Å². The molecule has 6 heteroatoms. The van der Waals surface area contributed by atoms with Crippen molar-refractivity contribution in [3.63, 3.8) is 0 Å². The van der Waals surface area contributed by atoms with E-state index in [-0.39, 0.29) is 0 Å². The Morgan fingerprint density at radius 3 is 3.05 bits per heavy atom. The summed E-state index contributed by atoms with van der Waals surface area (Å²) in [5.41, 5.74) is 1.03. The van der Waals surface area contributed by atoms with Crippen LogP contribution in [0.15, 0.2) is 22.8 Å². The SMILES string of the molecule is CCNC(=NCc1cn2ccsc2n1)N1CCCC1. The topological polar surface area (TPSA) is 44.9 Å². The van der Waals surface area contributed by atoms with E-state index in [1.807, 2.05) is 11.6 Å². The van der Waals surface area contributed by atoms with E-state index in [1.165, 1.54) is 12.8 Å². The number of hydrogen-bond acceptors (Lipinski definition) is 3. The summed E-state index contributed by atoms with van der Waals surface area (Å²) in [6.07, 6.45) is 6.63. The first-order valence-corrected chi connectivity index (χ1v) is 7.69. The van der Waals surface area contributed by atoms with Crippen molar-refractivity contribution in [2.75, 3.05) is 19.6 Å². The average molecular weight is 277 g/mol. The maximum Gasteiger partial charge on any atom is 0.194 e. The van der Waals surface area contributed by atoms with E-state index in [4.69, 9.17) is 4.99 Å². The van der Waals surface area contributed by atoms with Crippen molar-refractivity contribution in [1.82, 2.24) is 19.6 Å². The van der Waals surface area contributed by atoms with Gasteiger partial charge in [0.15, 0.2) is 10.9 Å². The van der Waals surface area contributed by atoms with Crippen molar-refractivity contribution < 1.29 is 0 Å². The Morgan fingerprint density at radius 1 is 1.47 bits per heavy atom. The van der Waals surface area contributed by atoms with Crippen LogP contribution in [-0.2, 0) is 6.54 Å². The van der Waals surface area contributed by atoms with E-state index < -0.39 is 0 Å². The van der Waals surface area contributed by atoms with Crippen LogP contribution in [0.2, 0.25) is 0 Å². The van der Waals surface area contributed by atoms with E-state index in [0.717, 1.165) is 36.2 Å². The van der Waals surface area contributed by atoms with Gasteiger partial charge in [-0.3, -0.25) is 4.40 Å². The highest BCUT2D eigenvalue weighted by atomic mass is 32.1. The number of nitrogens with zero attached hydrogens (tertiary/aromatic N) is 4. The number of hydrogen-bond donors (Lipinski definition) is 1. The summed E-state index contributed by atoms with van der Waals surface area (Å²) in [4.78, 5) is 12.6. The molecule has 0 amide bonds. The van der Waals surface area contributed by atoms with Crippen LogP contribution < -0.4 is 5.32 Å². The number of nitrogens with one attached hydrogen (secondary N) is 1. The van der Waals surface area contributed by atoms with Crippen LogP contribution >= 0.6 is 11.3 Å². The van der Waals surface area contributed by atoms with Gasteiger partial charge in [-0.1, -0.05) is 0 Å². The molecule has 0 saturated carbocycles. The third-order valence-electron chi connectivity index (χ3n) is 3.27. The van der Waals surface area contributed by atoms with E-state index in [2.05, 4.69) is 32.7 Å². The molecule has 5 nitrogen and oxygen atoms in total. The highest BCUT2D eigenvalue weighted by Crippen LogP contribution is 2.12. The molecular weight excluding hydrogens is 258 g/mol. The van der Waals surface area contributed by atoms with Gasteiger partial charge in [0.05, 0.1) is 12.2 Å². The zero-order valence-corrected chi connectivity index (χ0v) is 12.0.